The second-order valence-electron chi connectivity index (χ2n) is 8.97. The van der Waals surface area contributed by atoms with Crippen LogP contribution >= 0.6 is 0 Å². The summed E-state index contributed by atoms with van der Waals surface area (Å²) < 4.78 is 11.9. The first-order chi connectivity index (χ1) is 13.6. The molecule has 2 unspecified atom stereocenters. The Morgan fingerprint density at radius 3 is 2.29 bits per heavy atom. The average Bonchev–Trinajstić information content (AvgIpc) is 2.96. The average molecular weight is 368 g/mol. The lowest BCUT2D eigenvalue weighted by atomic mass is 9.47. The van der Waals surface area contributed by atoms with Gasteiger partial charge in [-0.25, -0.2) is 0 Å². The standard InChI is InChI=1S/C26H24O2/c1-25(2)14-15-8-7-10-17-21-16-9-5-6-11-18(16)26(25,23(15)17)24-20(28-4)13-12-19(27-3)22(21)24/h5-13,21H,14H2,1-4H3. The Morgan fingerprint density at radius 2 is 1.50 bits per heavy atom. The van der Waals surface area contributed by atoms with Gasteiger partial charge in [-0.05, 0) is 51.8 Å². The van der Waals surface area contributed by atoms with E-state index in [1.54, 1.807) is 14.2 Å². The van der Waals surface area contributed by atoms with Crippen LogP contribution in [0, 0.1) is 5.41 Å². The maximum Gasteiger partial charge on any atom is 0.123 e. The van der Waals surface area contributed by atoms with E-state index in [1.807, 2.05) is 0 Å². The van der Waals surface area contributed by atoms with Crippen LogP contribution in [0.5, 0.6) is 11.5 Å². The van der Waals surface area contributed by atoms with Crippen molar-refractivity contribution in [2.75, 3.05) is 14.2 Å². The SMILES string of the molecule is COc1ccc(OC)c2c1C1c3ccccc3C23c2c(cccc21)CC3(C)C. The van der Waals surface area contributed by atoms with Crippen molar-refractivity contribution in [1.82, 2.24) is 0 Å². The van der Waals surface area contributed by atoms with Crippen LogP contribution in [-0.2, 0) is 11.8 Å². The fraction of sp³-hybridized carbons (Fsp3) is 0.308. The Balaban J connectivity index is 1.90. The molecular formula is C26H24O2. The topological polar surface area (TPSA) is 18.5 Å². The minimum Gasteiger partial charge on any atom is -0.496 e. The van der Waals surface area contributed by atoms with Crippen LogP contribution in [-0.4, -0.2) is 14.2 Å². The van der Waals surface area contributed by atoms with Crippen LogP contribution < -0.4 is 9.47 Å². The van der Waals surface area contributed by atoms with Crippen molar-refractivity contribution < 1.29 is 9.47 Å². The zero-order valence-corrected chi connectivity index (χ0v) is 16.8. The van der Waals surface area contributed by atoms with Gasteiger partial charge < -0.3 is 9.47 Å². The molecule has 0 heterocycles. The molecule has 0 saturated heterocycles. The second kappa shape index (κ2) is 5.00. The maximum atomic E-state index is 5.98. The number of hydrogen-bond donors (Lipinski definition) is 0. The van der Waals surface area contributed by atoms with E-state index >= 15 is 0 Å². The molecule has 0 radical (unpaired) electrons. The Bertz CT molecular complexity index is 1160. The normalized spacial score (nSPS) is 24.4. The highest BCUT2D eigenvalue weighted by atomic mass is 16.5. The van der Waals surface area contributed by atoms with Crippen molar-refractivity contribution >= 4 is 0 Å². The Labute approximate surface area is 166 Å². The molecule has 2 bridgehead atoms. The number of benzene rings is 3. The van der Waals surface area contributed by atoms with Crippen LogP contribution in [0.2, 0.25) is 0 Å². The monoisotopic (exact) mass is 368 g/mol. The van der Waals surface area contributed by atoms with Gasteiger partial charge in [0.15, 0.2) is 0 Å². The van der Waals surface area contributed by atoms with E-state index in [0.717, 1.165) is 17.9 Å². The smallest absolute Gasteiger partial charge is 0.123 e. The highest BCUT2D eigenvalue weighted by Gasteiger charge is 2.64. The van der Waals surface area contributed by atoms with E-state index < -0.39 is 0 Å². The molecule has 2 nitrogen and oxygen atoms in total. The van der Waals surface area contributed by atoms with Crippen molar-refractivity contribution in [1.29, 1.82) is 0 Å². The molecule has 1 spiro atoms. The van der Waals surface area contributed by atoms with Gasteiger partial charge in [-0.2, -0.15) is 0 Å². The minimum absolute atomic E-state index is 0.0291. The molecule has 3 aromatic rings. The Morgan fingerprint density at radius 1 is 0.786 bits per heavy atom. The number of methoxy groups -OCH3 is 2. The molecule has 0 N–H and O–H groups in total. The lowest BCUT2D eigenvalue weighted by Gasteiger charge is -2.55. The summed E-state index contributed by atoms with van der Waals surface area (Å²) >= 11 is 0. The predicted molar refractivity (Wildman–Crippen MR) is 111 cm³/mol. The van der Waals surface area contributed by atoms with Gasteiger partial charge in [0.1, 0.15) is 11.5 Å². The molecule has 28 heavy (non-hydrogen) atoms. The largest absolute Gasteiger partial charge is 0.496 e. The molecule has 2 heteroatoms. The van der Waals surface area contributed by atoms with Gasteiger partial charge in [0.05, 0.1) is 19.6 Å². The van der Waals surface area contributed by atoms with Gasteiger partial charge in [0, 0.05) is 17.0 Å². The molecular weight excluding hydrogens is 344 g/mol. The van der Waals surface area contributed by atoms with Crippen LogP contribution in [0.1, 0.15) is 58.7 Å². The minimum atomic E-state index is -0.209. The molecule has 4 aliphatic rings. The number of ether oxygens (including phenoxy) is 2. The lowest BCUT2D eigenvalue weighted by molar-refractivity contribution is 0.245. The molecule has 0 saturated carbocycles. The van der Waals surface area contributed by atoms with E-state index in [4.69, 9.17) is 9.47 Å². The molecule has 3 aromatic carbocycles. The number of rotatable bonds is 2. The van der Waals surface area contributed by atoms with Crippen LogP contribution in [0.15, 0.2) is 54.6 Å². The van der Waals surface area contributed by atoms with Gasteiger partial charge in [-0.1, -0.05) is 56.3 Å². The molecule has 0 aliphatic heterocycles. The Hall–Kier alpha value is -2.74. The van der Waals surface area contributed by atoms with E-state index in [2.05, 4.69) is 68.4 Å². The third kappa shape index (κ3) is 1.51. The quantitative estimate of drug-likeness (QED) is 0.601. The third-order valence-electron chi connectivity index (χ3n) is 7.46. The van der Waals surface area contributed by atoms with Crippen LogP contribution in [0.3, 0.4) is 0 Å². The van der Waals surface area contributed by atoms with E-state index in [0.29, 0.717) is 0 Å². The van der Waals surface area contributed by atoms with Crippen molar-refractivity contribution in [3.8, 4) is 11.5 Å². The zero-order valence-electron chi connectivity index (χ0n) is 16.8. The number of hydrogen-bond acceptors (Lipinski definition) is 2. The van der Waals surface area contributed by atoms with Gasteiger partial charge in [0.2, 0.25) is 0 Å². The van der Waals surface area contributed by atoms with Crippen molar-refractivity contribution in [2.45, 2.75) is 31.6 Å². The molecule has 0 aromatic heterocycles. The first-order valence-electron chi connectivity index (χ1n) is 10.0. The fourth-order valence-electron chi connectivity index (χ4n) is 6.68. The summed E-state index contributed by atoms with van der Waals surface area (Å²) in [7, 11) is 3.58. The Kier molecular flexibility index (Phi) is 2.90. The first kappa shape index (κ1) is 16.2. The first-order valence-corrected chi connectivity index (χ1v) is 10.0. The fourth-order valence-corrected chi connectivity index (χ4v) is 6.68. The summed E-state index contributed by atoms with van der Waals surface area (Å²) in [6.07, 6.45) is 1.07. The summed E-state index contributed by atoms with van der Waals surface area (Å²) in [5, 5.41) is 0. The molecule has 4 aliphatic carbocycles. The zero-order chi connectivity index (χ0) is 19.3. The highest BCUT2D eigenvalue weighted by Crippen LogP contribution is 2.71. The van der Waals surface area contributed by atoms with Crippen molar-refractivity contribution in [3.05, 3.63) is 93.5 Å². The third-order valence-corrected chi connectivity index (χ3v) is 7.46. The van der Waals surface area contributed by atoms with Gasteiger partial charge in [-0.15, -0.1) is 0 Å². The summed E-state index contributed by atoms with van der Waals surface area (Å²) in [4.78, 5) is 0. The van der Waals surface area contributed by atoms with E-state index in [9.17, 15) is 0 Å². The molecule has 0 amide bonds. The molecule has 140 valence electrons. The van der Waals surface area contributed by atoms with Gasteiger partial charge in [-0.3, -0.25) is 0 Å². The van der Waals surface area contributed by atoms with Crippen molar-refractivity contribution in [2.24, 2.45) is 5.41 Å². The van der Waals surface area contributed by atoms with E-state index in [-0.39, 0.29) is 16.7 Å². The van der Waals surface area contributed by atoms with Crippen LogP contribution in [0.4, 0.5) is 0 Å². The maximum absolute atomic E-state index is 5.98. The van der Waals surface area contributed by atoms with Crippen molar-refractivity contribution in [3.63, 3.8) is 0 Å². The summed E-state index contributed by atoms with van der Waals surface area (Å²) in [6.45, 7) is 4.84. The molecule has 7 rings (SSSR count). The summed E-state index contributed by atoms with van der Waals surface area (Å²) in [6, 6.07) is 20.1. The van der Waals surface area contributed by atoms with E-state index in [1.165, 1.54) is 38.9 Å². The summed E-state index contributed by atoms with van der Waals surface area (Å²) in [5.74, 6) is 2.14. The van der Waals surface area contributed by atoms with Gasteiger partial charge >= 0.3 is 0 Å². The second-order valence-corrected chi connectivity index (χ2v) is 8.97. The predicted octanol–water partition coefficient (Wildman–Crippen LogP) is 5.43. The lowest BCUT2D eigenvalue weighted by Crippen LogP contribution is -2.49. The highest BCUT2D eigenvalue weighted by molar-refractivity contribution is 5.80. The summed E-state index contributed by atoms with van der Waals surface area (Å²) in [5.41, 5.74) is 9.74. The van der Waals surface area contributed by atoms with Gasteiger partial charge in [0.25, 0.3) is 0 Å². The molecule has 2 atom stereocenters. The molecule has 0 fully saturated rings. The van der Waals surface area contributed by atoms with Crippen LogP contribution in [0.25, 0.3) is 0 Å².